The molecule has 0 saturated heterocycles. The summed E-state index contributed by atoms with van der Waals surface area (Å²) >= 11 is 13.4. The fraction of sp³-hybridized carbons (Fsp3) is 0.208. The molecule has 1 atom stereocenters. The second kappa shape index (κ2) is 9.66. The number of carbonyl (C=O) groups excluding carboxylic acids is 1. The Morgan fingerprint density at radius 1 is 1.26 bits per heavy atom. The first kappa shape index (κ1) is 24.1. The number of methoxy groups -OCH3 is 1. The number of halogens is 2. The summed E-state index contributed by atoms with van der Waals surface area (Å²) in [4.78, 5) is 31.4. The van der Waals surface area contributed by atoms with Crippen molar-refractivity contribution in [1.82, 2.24) is 4.57 Å². The Balaban J connectivity index is 1.95. The lowest BCUT2D eigenvalue weighted by atomic mass is 9.96. The molecule has 0 bridgehead atoms. The van der Waals surface area contributed by atoms with Crippen molar-refractivity contribution in [2.75, 3.05) is 13.7 Å². The zero-order valence-corrected chi connectivity index (χ0v) is 20.8. The molecule has 0 fully saturated rings. The van der Waals surface area contributed by atoms with E-state index in [0.717, 1.165) is 0 Å². The lowest BCUT2D eigenvalue weighted by molar-refractivity contribution is -0.139. The maximum atomic E-state index is 13.6. The SMILES string of the molecule is CCOC(=O)C1=C(C)N=c2sc(=Cc3cc(Cl)c(O)c(OC)c3)c(=O)n2C1c1ccc(Cl)cc1. The fourth-order valence-corrected chi connectivity index (χ4v) is 5.13. The Morgan fingerprint density at radius 3 is 2.62 bits per heavy atom. The number of rotatable bonds is 5. The number of phenols is 1. The van der Waals surface area contributed by atoms with Gasteiger partial charge in [0.2, 0.25) is 0 Å². The zero-order chi connectivity index (χ0) is 24.6. The highest BCUT2D eigenvalue weighted by Gasteiger charge is 2.33. The molecule has 0 amide bonds. The summed E-state index contributed by atoms with van der Waals surface area (Å²) in [6.45, 7) is 3.63. The van der Waals surface area contributed by atoms with Crippen molar-refractivity contribution >= 4 is 46.6 Å². The average molecular weight is 519 g/mol. The number of hydrogen-bond donors (Lipinski definition) is 1. The highest BCUT2D eigenvalue weighted by Crippen LogP contribution is 2.35. The molecule has 2 aromatic carbocycles. The van der Waals surface area contributed by atoms with Crippen molar-refractivity contribution in [2.24, 2.45) is 4.99 Å². The largest absolute Gasteiger partial charge is 0.503 e. The quantitative estimate of drug-likeness (QED) is 0.518. The summed E-state index contributed by atoms with van der Waals surface area (Å²) in [5.41, 5.74) is 1.69. The van der Waals surface area contributed by atoms with Gasteiger partial charge in [0, 0.05) is 5.02 Å². The van der Waals surface area contributed by atoms with Gasteiger partial charge in [-0.15, -0.1) is 0 Å². The van der Waals surface area contributed by atoms with Crippen molar-refractivity contribution < 1.29 is 19.4 Å². The Kier molecular flexibility index (Phi) is 6.84. The van der Waals surface area contributed by atoms with E-state index in [9.17, 15) is 14.7 Å². The van der Waals surface area contributed by atoms with Crippen LogP contribution in [0.5, 0.6) is 11.5 Å². The van der Waals surface area contributed by atoms with E-state index in [2.05, 4.69) is 4.99 Å². The number of carbonyl (C=O) groups is 1. The van der Waals surface area contributed by atoms with E-state index in [-0.39, 0.29) is 34.3 Å². The van der Waals surface area contributed by atoms with E-state index >= 15 is 0 Å². The fourth-order valence-electron chi connectivity index (χ4n) is 3.74. The van der Waals surface area contributed by atoms with E-state index in [1.165, 1.54) is 29.1 Å². The van der Waals surface area contributed by atoms with Crippen LogP contribution in [0.4, 0.5) is 0 Å². The van der Waals surface area contributed by atoms with Gasteiger partial charge in [-0.05, 0) is 55.3 Å². The number of hydrogen-bond acceptors (Lipinski definition) is 7. The molecule has 1 aliphatic rings. The molecular weight excluding hydrogens is 499 g/mol. The van der Waals surface area contributed by atoms with Crippen LogP contribution in [0.15, 0.2) is 57.5 Å². The molecule has 0 aliphatic carbocycles. The molecule has 1 N–H and O–H groups in total. The van der Waals surface area contributed by atoms with Crippen LogP contribution < -0.4 is 19.6 Å². The summed E-state index contributed by atoms with van der Waals surface area (Å²) in [5.74, 6) is -0.528. The number of aromatic hydroxyl groups is 1. The summed E-state index contributed by atoms with van der Waals surface area (Å²) < 4.78 is 12.3. The van der Waals surface area contributed by atoms with E-state index < -0.39 is 12.0 Å². The third-order valence-electron chi connectivity index (χ3n) is 5.27. The predicted octanol–water partition coefficient (Wildman–Crippen LogP) is 3.82. The number of aromatic nitrogens is 1. The molecule has 0 spiro atoms. The molecule has 0 radical (unpaired) electrons. The number of benzene rings is 2. The van der Waals surface area contributed by atoms with Gasteiger partial charge in [0.25, 0.3) is 5.56 Å². The van der Waals surface area contributed by atoms with Gasteiger partial charge in [-0.1, -0.05) is 46.7 Å². The minimum atomic E-state index is -0.729. The molecule has 34 heavy (non-hydrogen) atoms. The van der Waals surface area contributed by atoms with E-state index in [0.29, 0.717) is 31.2 Å². The number of nitrogens with zero attached hydrogens (tertiary/aromatic N) is 2. The van der Waals surface area contributed by atoms with E-state index in [4.69, 9.17) is 32.7 Å². The van der Waals surface area contributed by atoms with Crippen molar-refractivity contribution in [3.63, 3.8) is 0 Å². The summed E-state index contributed by atoms with van der Waals surface area (Å²) in [6, 6.07) is 9.33. The van der Waals surface area contributed by atoms with Crippen LogP contribution in [-0.4, -0.2) is 29.4 Å². The Morgan fingerprint density at radius 2 is 1.97 bits per heavy atom. The van der Waals surface area contributed by atoms with Gasteiger partial charge in [0.1, 0.15) is 0 Å². The smallest absolute Gasteiger partial charge is 0.338 e. The first-order chi connectivity index (χ1) is 16.2. The summed E-state index contributed by atoms with van der Waals surface area (Å²) in [6.07, 6.45) is 1.64. The average Bonchev–Trinajstić information content (AvgIpc) is 3.10. The number of phenolic OH excluding ortho intramolecular Hbond substituents is 1. The molecule has 10 heteroatoms. The highest BCUT2D eigenvalue weighted by atomic mass is 35.5. The van der Waals surface area contributed by atoms with Crippen LogP contribution >= 0.6 is 34.5 Å². The van der Waals surface area contributed by atoms with Crippen molar-refractivity contribution in [3.8, 4) is 11.5 Å². The molecule has 0 saturated carbocycles. The third-order valence-corrected chi connectivity index (χ3v) is 6.79. The highest BCUT2D eigenvalue weighted by molar-refractivity contribution is 7.07. The van der Waals surface area contributed by atoms with E-state index in [1.54, 1.807) is 50.3 Å². The van der Waals surface area contributed by atoms with Gasteiger partial charge in [0.15, 0.2) is 16.3 Å². The van der Waals surface area contributed by atoms with Crippen LogP contribution in [0.3, 0.4) is 0 Å². The summed E-state index contributed by atoms with van der Waals surface area (Å²) in [5, 5.41) is 10.6. The number of esters is 1. The number of fused-ring (bicyclic) bond motifs is 1. The molecule has 1 aromatic heterocycles. The zero-order valence-electron chi connectivity index (χ0n) is 18.5. The van der Waals surface area contributed by atoms with Crippen LogP contribution in [0.2, 0.25) is 10.0 Å². The molecule has 2 heterocycles. The van der Waals surface area contributed by atoms with Gasteiger partial charge >= 0.3 is 5.97 Å². The molecule has 4 rings (SSSR count). The minimum Gasteiger partial charge on any atom is -0.503 e. The maximum Gasteiger partial charge on any atom is 0.338 e. The second-order valence-corrected chi connectivity index (χ2v) is 9.26. The predicted molar refractivity (Wildman–Crippen MR) is 132 cm³/mol. The standard InChI is InChI=1S/C24H20Cl2N2O5S/c1-4-33-23(31)19-12(2)27-24-28(20(19)14-5-7-15(25)8-6-14)22(30)18(34-24)11-13-9-16(26)21(29)17(10-13)32-3/h5-11,20,29H,4H2,1-3H3. The Bertz CT molecular complexity index is 1490. The van der Waals surface area contributed by atoms with Crippen molar-refractivity contribution in [3.05, 3.63) is 88.5 Å². The lowest BCUT2D eigenvalue weighted by Crippen LogP contribution is -2.39. The minimum absolute atomic E-state index is 0.0952. The number of thiazole rings is 1. The van der Waals surface area contributed by atoms with Crippen LogP contribution in [-0.2, 0) is 9.53 Å². The van der Waals surface area contributed by atoms with Crippen LogP contribution in [0.25, 0.3) is 6.08 Å². The molecule has 7 nitrogen and oxygen atoms in total. The monoisotopic (exact) mass is 518 g/mol. The van der Waals surface area contributed by atoms with Crippen molar-refractivity contribution in [1.29, 1.82) is 0 Å². The Hall–Kier alpha value is -3.07. The van der Waals surface area contributed by atoms with Gasteiger partial charge < -0.3 is 14.6 Å². The van der Waals surface area contributed by atoms with Gasteiger partial charge in [-0.25, -0.2) is 9.79 Å². The molecule has 1 aliphatic heterocycles. The third kappa shape index (κ3) is 4.36. The molecule has 3 aromatic rings. The maximum absolute atomic E-state index is 13.6. The number of allylic oxidation sites excluding steroid dienone is 1. The molecule has 1 unspecified atom stereocenters. The Labute approximate surface area is 208 Å². The topological polar surface area (TPSA) is 90.1 Å². The first-order valence-corrected chi connectivity index (χ1v) is 11.8. The van der Waals surface area contributed by atoms with Gasteiger partial charge in [0.05, 0.1) is 40.6 Å². The van der Waals surface area contributed by atoms with Gasteiger partial charge in [-0.3, -0.25) is 9.36 Å². The van der Waals surface area contributed by atoms with Crippen LogP contribution in [0, 0.1) is 0 Å². The summed E-state index contributed by atoms with van der Waals surface area (Å²) in [7, 11) is 1.41. The van der Waals surface area contributed by atoms with Crippen LogP contribution in [0.1, 0.15) is 31.0 Å². The second-order valence-electron chi connectivity index (χ2n) is 7.41. The first-order valence-electron chi connectivity index (χ1n) is 10.3. The van der Waals surface area contributed by atoms with Crippen molar-refractivity contribution in [2.45, 2.75) is 19.9 Å². The normalized spacial score (nSPS) is 15.7. The molecule has 176 valence electrons. The molecular formula is C24H20Cl2N2O5S. The lowest BCUT2D eigenvalue weighted by Gasteiger charge is -2.24. The van der Waals surface area contributed by atoms with E-state index in [1.807, 2.05) is 0 Å². The van der Waals surface area contributed by atoms with Gasteiger partial charge in [-0.2, -0.15) is 0 Å². The number of ether oxygens (including phenoxy) is 2.